The number of para-hydroxylation sites is 1. The van der Waals surface area contributed by atoms with Crippen molar-refractivity contribution in [2.75, 3.05) is 30.4 Å². The van der Waals surface area contributed by atoms with Crippen LogP contribution in [0, 0.1) is 0 Å². The molecule has 0 amide bonds. The van der Waals surface area contributed by atoms with E-state index in [4.69, 9.17) is 4.74 Å². The van der Waals surface area contributed by atoms with Crippen molar-refractivity contribution >= 4 is 11.6 Å². The summed E-state index contributed by atoms with van der Waals surface area (Å²) in [6.07, 6.45) is 3.50. The standard InChI is InChI=1S/C14H16N4O/c1-15-13-8-16-9-14(17-13)18-6-7-19-12-5-3-2-4-11(12)10-18/h2-5,8-9H,6-7,10H2,1H3,(H,15,17). The second-order valence-electron chi connectivity index (χ2n) is 4.39. The van der Waals surface area contributed by atoms with Crippen molar-refractivity contribution in [3.63, 3.8) is 0 Å². The van der Waals surface area contributed by atoms with Gasteiger partial charge in [-0.1, -0.05) is 18.2 Å². The van der Waals surface area contributed by atoms with Gasteiger partial charge in [0.1, 0.15) is 24.0 Å². The highest BCUT2D eigenvalue weighted by atomic mass is 16.5. The monoisotopic (exact) mass is 256 g/mol. The number of benzene rings is 1. The van der Waals surface area contributed by atoms with E-state index >= 15 is 0 Å². The summed E-state index contributed by atoms with van der Waals surface area (Å²) in [4.78, 5) is 10.9. The van der Waals surface area contributed by atoms with Gasteiger partial charge in [0.05, 0.1) is 18.9 Å². The van der Waals surface area contributed by atoms with Crippen LogP contribution in [0.1, 0.15) is 5.56 Å². The number of ether oxygens (including phenoxy) is 1. The van der Waals surface area contributed by atoms with Gasteiger partial charge >= 0.3 is 0 Å². The third-order valence-corrected chi connectivity index (χ3v) is 3.15. The number of fused-ring (bicyclic) bond motifs is 1. The van der Waals surface area contributed by atoms with Crippen LogP contribution < -0.4 is 15.0 Å². The summed E-state index contributed by atoms with van der Waals surface area (Å²) in [5.41, 5.74) is 1.18. The van der Waals surface area contributed by atoms with Crippen molar-refractivity contribution in [1.82, 2.24) is 9.97 Å². The molecule has 1 aromatic carbocycles. The summed E-state index contributed by atoms with van der Waals surface area (Å²) >= 11 is 0. The predicted octanol–water partition coefficient (Wildman–Crippen LogP) is 1.92. The lowest BCUT2D eigenvalue weighted by Gasteiger charge is -2.20. The first kappa shape index (κ1) is 11.8. The van der Waals surface area contributed by atoms with Gasteiger partial charge in [-0.3, -0.25) is 4.98 Å². The van der Waals surface area contributed by atoms with Gasteiger partial charge in [-0.05, 0) is 6.07 Å². The maximum absolute atomic E-state index is 5.75. The van der Waals surface area contributed by atoms with Gasteiger partial charge in [-0.2, -0.15) is 0 Å². The predicted molar refractivity (Wildman–Crippen MR) is 74.6 cm³/mol. The molecule has 5 heteroatoms. The number of hydrogen-bond donors (Lipinski definition) is 1. The van der Waals surface area contributed by atoms with Crippen LogP contribution in [0.2, 0.25) is 0 Å². The molecule has 1 aromatic heterocycles. The molecule has 0 atom stereocenters. The Bertz CT molecular complexity index is 573. The van der Waals surface area contributed by atoms with Gasteiger partial charge in [0.25, 0.3) is 0 Å². The number of hydrogen-bond acceptors (Lipinski definition) is 5. The van der Waals surface area contributed by atoms with Crippen LogP contribution in [0.4, 0.5) is 11.6 Å². The molecular formula is C14H16N4O. The van der Waals surface area contributed by atoms with E-state index in [1.54, 1.807) is 12.4 Å². The third kappa shape index (κ3) is 2.45. The Hall–Kier alpha value is -2.30. The van der Waals surface area contributed by atoms with Gasteiger partial charge in [-0.25, -0.2) is 4.98 Å². The molecule has 2 aromatic rings. The summed E-state index contributed by atoms with van der Waals surface area (Å²) in [5, 5.41) is 3.01. The molecule has 0 saturated carbocycles. The maximum atomic E-state index is 5.75. The van der Waals surface area contributed by atoms with Crippen LogP contribution in [0.25, 0.3) is 0 Å². The summed E-state index contributed by atoms with van der Waals surface area (Å²) in [7, 11) is 1.84. The van der Waals surface area contributed by atoms with Crippen LogP contribution in [-0.4, -0.2) is 30.2 Å². The lowest BCUT2D eigenvalue weighted by atomic mass is 10.2. The van der Waals surface area contributed by atoms with Gasteiger partial charge in [0.2, 0.25) is 0 Å². The van der Waals surface area contributed by atoms with Gasteiger partial charge in [0, 0.05) is 19.2 Å². The zero-order valence-electron chi connectivity index (χ0n) is 10.8. The molecule has 0 aliphatic carbocycles. The highest BCUT2D eigenvalue weighted by Gasteiger charge is 2.16. The fourth-order valence-corrected chi connectivity index (χ4v) is 2.15. The highest BCUT2D eigenvalue weighted by Crippen LogP contribution is 2.25. The van der Waals surface area contributed by atoms with E-state index in [1.807, 2.05) is 25.2 Å². The molecule has 98 valence electrons. The van der Waals surface area contributed by atoms with Crippen LogP contribution in [-0.2, 0) is 6.54 Å². The van der Waals surface area contributed by atoms with E-state index in [0.717, 1.165) is 30.5 Å². The number of nitrogens with one attached hydrogen (secondary N) is 1. The number of rotatable bonds is 2. The van der Waals surface area contributed by atoms with Crippen LogP contribution in [0.15, 0.2) is 36.7 Å². The quantitative estimate of drug-likeness (QED) is 0.889. The lowest BCUT2D eigenvalue weighted by molar-refractivity contribution is 0.331. The van der Waals surface area contributed by atoms with E-state index < -0.39 is 0 Å². The summed E-state index contributed by atoms with van der Waals surface area (Å²) in [5.74, 6) is 2.60. The highest BCUT2D eigenvalue weighted by molar-refractivity contribution is 5.46. The second-order valence-corrected chi connectivity index (χ2v) is 4.39. The van der Waals surface area contributed by atoms with E-state index in [2.05, 4.69) is 26.3 Å². The number of aromatic nitrogens is 2. The summed E-state index contributed by atoms with van der Waals surface area (Å²) in [6.45, 7) is 2.25. The first-order valence-corrected chi connectivity index (χ1v) is 6.32. The van der Waals surface area contributed by atoms with Crippen molar-refractivity contribution in [3.8, 4) is 5.75 Å². The molecule has 0 spiro atoms. The minimum absolute atomic E-state index is 0.655. The van der Waals surface area contributed by atoms with Crippen LogP contribution in [0.5, 0.6) is 5.75 Å². The Morgan fingerprint density at radius 2 is 2.16 bits per heavy atom. The van der Waals surface area contributed by atoms with E-state index in [1.165, 1.54) is 5.56 Å². The van der Waals surface area contributed by atoms with Crippen molar-refractivity contribution in [3.05, 3.63) is 42.2 Å². The first-order valence-electron chi connectivity index (χ1n) is 6.32. The van der Waals surface area contributed by atoms with E-state index in [0.29, 0.717) is 6.61 Å². The Morgan fingerprint density at radius 1 is 1.26 bits per heavy atom. The number of anilines is 2. The molecule has 2 heterocycles. The molecular weight excluding hydrogens is 240 g/mol. The molecule has 19 heavy (non-hydrogen) atoms. The number of nitrogens with zero attached hydrogens (tertiary/aromatic N) is 3. The molecule has 1 N–H and O–H groups in total. The fraction of sp³-hybridized carbons (Fsp3) is 0.286. The normalized spacial score (nSPS) is 14.3. The van der Waals surface area contributed by atoms with Crippen LogP contribution >= 0.6 is 0 Å². The zero-order chi connectivity index (χ0) is 13.1. The Balaban J connectivity index is 1.89. The summed E-state index contributed by atoms with van der Waals surface area (Å²) < 4.78 is 5.75. The molecule has 1 aliphatic rings. The van der Waals surface area contributed by atoms with E-state index in [-0.39, 0.29) is 0 Å². The lowest BCUT2D eigenvalue weighted by Crippen LogP contribution is -2.26. The Morgan fingerprint density at radius 3 is 3.05 bits per heavy atom. The molecule has 0 saturated heterocycles. The minimum atomic E-state index is 0.655. The van der Waals surface area contributed by atoms with Gasteiger partial charge < -0.3 is 15.0 Å². The first-order chi connectivity index (χ1) is 9.36. The van der Waals surface area contributed by atoms with Crippen molar-refractivity contribution in [2.24, 2.45) is 0 Å². The third-order valence-electron chi connectivity index (χ3n) is 3.15. The van der Waals surface area contributed by atoms with Crippen molar-refractivity contribution in [2.45, 2.75) is 6.54 Å². The molecule has 5 nitrogen and oxygen atoms in total. The maximum Gasteiger partial charge on any atom is 0.149 e. The topological polar surface area (TPSA) is 50.3 Å². The Labute approximate surface area is 112 Å². The van der Waals surface area contributed by atoms with Crippen LogP contribution in [0.3, 0.4) is 0 Å². The van der Waals surface area contributed by atoms with Crippen molar-refractivity contribution < 1.29 is 4.74 Å². The van der Waals surface area contributed by atoms with Gasteiger partial charge in [0.15, 0.2) is 0 Å². The molecule has 3 rings (SSSR count). The molecule has 1 aliphatic heterocycles. The summed E-state index contributed by atoms with van der Waals surface area (Å²) in [6, 6.07) is 8.12. The average Bonchev–Trinajstić information content (AvgIpc) is 2.69. The van der Waals surface area contributed by atoms with E-state index in [9.17, 15) is 0 Å². The molecule has 0 unspecified atom stereocenters. The van der Waals surface area contributed by atoms with Gasteiger partial charge in [-0.15, -0.1) is 0 Å². The molecule has 0 fully saturated rings. The van der Waals surface area contributed by atoms with Crippen molar-refractivity contribution in [1.29, 1.82) is 0 Å². The SMILES string of the molecule is CNc1cncc(N2CCOc3ccccc3C2)n1. The second kappa shape index (κ2) is 5.14. The zero-order valence-corrected chi connectivity index (χ0v) is 10.8. The largest absolute Gasteiger partial charge is 0.491 e. The Kier molecular flexibility index (Phi) is 3.18. The minimum Gasteiger partial charge on any atom is -0.491 e. The fourth-order valence-electron chi connectivity index (χ4n) is 2.15. The molecule has 0 radical (unpaired) electrons. The smallest absolute Gasteiger partial charge is 0.149 e. The average molecular weight is 256 g/mol. The molecule has 0 bridgehead atoms.